The van der Waals surface area contributed by atoms with Crippen molar-refractivity contribution >= 4 is 33.4 Å². The SMILES string of the molecule is C=C1NC(=O)[C@H](Cc2c[nH]c3ccccc23)n2c1nc1ccccc1c2=O. The number of carbonyl (C=O) groups excluding carboxylic acids is 1. The summed E-state index contributed by atoms with van der Waals surface area (Å²) in [6, 6.07) is 14.4. The Kier molecular flexibility index (Phi) is 3.27. The largest absolute Gasteiger partial charge is 0.361 e. The molecule has 0 fully saturated rings. The summed E-state index contributed by atoms with van der Waals surface area (Å²) >= 11 is 0. The molecule has 4 aromatic rings. The van der Waals surface area contributed by atoms with Gasteiger partial charge in [-0.15, -0.1) is 0 Å². The number of nitrogens with one attached hydrogen (secondary N) is 2. The second kappa shape index (κ2) is 5.67. The number of benzene rings is 2. The molecule has 1 amide bonds. The minimum absolute atomic E-state index is 0.226. The molecule has 0 spiro atoms. The minimum atomic E-state index is -0.686. The van der Waals surface area contributed by atoms with Gasteiger partial charge in [0.15, 0.2) is 5.82 Å². The fourth-order valence-electron chi connectivity index (χ4n) is 3.75. The number of aromatic amines is 1. The molecule has 0 saturated carbocycles. The van der Waals surface area contributed by atoms with Gasteiger partial charge in [0.1, 0.15) is 6.04 Å². The van der Waals surface area contributed by atoms with E-state index < -0.39 is 6.04 Å². The van der Waals surface area contributed by atoms with E-state index in [0.29, 0.717) is 28.8 Å². The molecule has 6 nitrogen and oxygen atoms in total. The Morgan fingerprint density at radius 2 is 1.78 bits per heavy atom. The molecule has 0 aliphatic carbocycles. The number of aromatic nitrogens is 3. The van der Waals surface area contributed by atoms with Crippen LogP contribution in [0.1, 0.15) is 17.4 Å². The van der Waals surface area contributed by atoms with Crippen molar-refractivity contribution in [3.05, 3.63) is 83.0 Å². The summed E-state index contributed by atoms with van der Waals surface area (Å²) < 4.78 is 1.48. The number of fused-ring (bicyclic) bond motifs is 3. The van der Waals surface area contributed by atoms with Gasteiger partial charge >= 0.3 is 0 Å². The molecule has 0 bridgehead atoms. The molecule has 2 aromatic carbocycles. The Labute approximate surface area is 154 Å². The molecular formula is C21H16N4O2. The predicted octanol–water partition coefficient (Wildman–Crippen LogP) is 2.76. The van der Waals surface area contributed by atoms with Crippen LogP contribution in [-0.4, -0.2) is 20.4 Å². The van der Waals surface area contributed by atoms with Crippen molar-refractivity contribution in [3.63, 3.8) is 0 Å². The first kappa shape index (κ1) is 15.6. The van der Waals surface area contributed by atoms with Crippen molar-refractivity contribution in [2.45, 2.75) is 12.5 Å². The van der Waals surface area contributed by atoms with Crippen molar-refractivity contribution < 1.29 is 4.79 Å². The van der Waals surface area contributed by atoms with E-state index in [1.54, 1.807) is 18.2 Å². The minimum Gasteiger partial charge on any atom is -0.361 e. The number of hydrogen-bond acceptors (Lipinski definition) is 3. The lowest BCUT2D eigenvalue weighted by atomic mass is 10.0. The number of carbonyl (C=O) groups is 1. The number of para-hydroxylation sites is 2. The van der Waals surface area contributed by atoms with Gasteiger partial charge < -0.3 is 10.3 Å². The topological polar surface area (TPSA) is 79.8 Å². The molecule has 2 aromatic heterocycles. The van der Waals surface area contributed by atoms with Crippen LogP contribution in [0.5, 0.6) is 0 Å². The molecule has 5 rings (SSSR count). The van der Waals surface area contributed by atoms with E-state index in [1.807, 2.05) is 36.5 Å². The van der Waals surface area contributed by atoms with Gasteiger partial charge in [0, 0.05) is 23.5 Å². The Balaban J connectivity index is 1.71. The van der Waals surface area contributed by atoms with Gasteiger partial charge in [-0.2, -0.15) is 0 Å². The summed E-state index contributed by atoms with van der Waals surface area (Å²) in [6.45, 7) is 3.87. The summed E-state index contributed by atoms with van der Waals surface area (Å²) in [5, 5.41) is 4.31. The van der Waals surface area contributed by atoms with Crippen LogP contribution in [-0.2, 0) is 11.2 Å². The highest BCUT2D eigenvalue weighted by Crippen LogP contribution is 2.27. The average Bonchev–Trinajstić information content (AvgIpc) is 3.08. The first-order valence-electron chi connectivity index (χ1n) is 8.70. The zero-order valence-electron chi connectivity index (χ0n) is 14.4. The third-order valence-corrected chi connectivity index (χ3v) is 5.05. The number of amides is 1. The number of nitrogens with zero attached hydrogens (tertiary/aromatic N) is 2. The third-order valence-electron chi connectivity index (χ3n) is 5.05. The van der Waals surface area contributed by atoms with Crippen LogP contribution < -0.4 is 10.9 Å². The molecular weight excluding hydrogens is 340 g/mol. The fraction of sp³-hybridized carbons (Fsp3) is 0.0952. The summed E-state index contributed by atoms with van der Waals surface area (Å²) in [6.07, 6.45) is 2.27. The second-order valence-electron chi connectivity index (χ2n) is 6.67. The maximum atomic E-state index is 13.2. The molecule has 132 valence electrons. The molecule has 1 aliphatic rings. The van der Waals surface area contributed by atoms with E-state index in [4.69, 9.17) is 0 Å². The summed E-state index contributed by atoms with van der Waals surface area (Å²) in [5.74, 6) is 0.153. The Bertz CT molecular complexity index is 1300. The van der Waals surface area contributed by atoms with Gasteiger partial charge in [-0.25, -0.2) is 4.98 Å². The first-order valence-corrected chi connectivity index (χ1v) is 8.70. The van der Waals surface area contributed by atoms with Crippen LogP contribution in [0, 0.1) is 0 Å². The molecule has 0 saturated heterocycles. The van der Waals surface area contributed by atoms with Gasteiger partial charge in [-0.1, -0.05) is 36.9 Å². The molecule has 27 heavy (non-hydrogen) atoms. The van der Waals surface area contributed by atoms with Crippen LogP contribution in [0.2, 0.25) is 0 Å². The summed E-state index contributed by atoms with van der Waals surface area (Å²) in [7, 11) is 0. The van der Waals surface area contributed by atoms with Crippen LogP contribution in [0.3, 0.4) is 0 Å². The smallest absolute Gasteiger partial charge is 0.262 e. The molecule has 6 heteroatoms. The van der Waals surface area contributed by atoms with Gasteiger partial charge in [0.05, 0.1) is 16.6 Å². The molecule has 1 atom stereocenters. The lowest BCUT2D eigenvalue weighted by molar-refractivity contribution is -0.123. The number of rotatable bonds is 2. The summed E-state index contributed by atoms with van der Waals surface area (Å²) in [5.41, 5.74) is 2.69. The van der Waals surface area contributed by atoms with E-state index in [2.05, 4.69) is 21.9 Å². The molecule has 0 unspecified atom stereocenters. The Morgan fingerprint density at radius 1 is 1.04 bits per heavy atom. The molecule has 3 heterocycles. The predicted molar refractivity (Wildman–Crippen MR) is 104 cm³/mol. The van der Waals surface area contributed by atoms with Crippen molar-refractivity contribution in [1.29, 1.82) is 0 Å². The molecule has 1 aliphatic heterocycles. The monoisotopic (exact) mass is 356 g/mol. The van der Waals surface area contributed by atoms with Crippen molar-refractivity contribution in [2.24, 2.45) is 0 Å². The van der Waals surface area contributed by atoms with Crippen molar-refractivity contribution in [2.75, 3.05) is 0 Å². The average molecular weight is 356 g/mol. The summed E-state index contributed by atoms with van der Waals surface area (Å²) in [4.78, 5) is 33.7. The van der Waals surface area contributed by atoms with Gasteiger partial charge in [0.2, 0.25) is 5.91 Å². The maximum absolute atomic E-state index is 13.2. The standard InChI is InChI=1S/C21H16N4O2/c1-12-19-24-17-9-5-3-7-15(17)21(27)25(19)18(20(26)23-12)10-13-11-22-16-8-4-2-6-14(13)16/h2-9,11,18,22H,1,10H2,(H,23,26)/t18-/m0/s1. The van der Waals surface area contributed by atoms with Crippen LogP contribution in [0.25, 0.3) is 27.5 Å². The highest BCUT2D eigenvalue weighted by molar-refractivity contribution is 5.93. The highest BCUT2D eigenvalue weighted by atomic mass is 16.2. The second-order valence-corrected chi connectivity index (χ2v) is 6.67. The Morgan fingerprint density at radius 3 is 2.63 bits per heavy atom. The molecule has 2 N–H and O–H groups in total. The number of hydrogen-bond donors (Lipinski definition) is 2. The lowest BCUT2D eigenvalue weighted by Crippen LogP contribution is -2.45. The Hall–Kier alpha value is -3.67. The zero-order valence-corrected chi connectivity index (χ0v) is 14.4. The van der Waals surface area contributed by atoms with Crippen LogP contribution >= 0.6 is 0 Å². The maximum Gasteiger partial charge on any atom is 0.262 e. The first-order chi connectivity index (χ1) is 13.1. The van der Waals surface area contributed by atoms with Gasteiger partial charge in [-0.3, -0.25) is 14.2 Å². The van der Waals surface area contributed by atoms with Crippen LogP contribution in [0.4, 0.5) is 0 Å². The highest BCUT2D eigenvalue weighted by Gasteiger charge is 2.32. The normalized spacial score (nSPS) is 16.5. The van der Waals surface area contributed by atoms with E-state index in [9.17, 15) is 9.59 Å². The number of H-pyrrole nitrogens is 1. The lowest BCUT2D eigenvalue weighted by Gasteiger charge is -2.28. The zero-order chi connectivity index (χ0) is 18.5. The van der Waals surface area contributed by atoms with Gasteiger partial charge in [-0.05, 0) is 23.8 Å². The third kappa shape index (κ3) is 2.30. The van der Waals surface area contributed by atoms with Crippen LogP contribution in [0.15, 0.2) is 66.1 Å². The van der Waals surface area contributed by atoms with Crippen molar-refractivity contribution in [1.82, 2.24) is 19.9 Å². The van der Waals surface area contributed by atoms with E-state index >= 15 is 0 Å². The fourth-order valence-corrected chi connectivity index (χ4v) is 3.75. The van der Waals surface area contributed by atoms with E-state index in [1.165, 1.54) is 4.57 Å². The van der Waals surface area contributed by atoms with E-state index in [-0.39, 0.29) is 11.5 Å². The molecule has 0 radical (unpaired) electrons. The van der Waals surface area contributed by atoms with Gasteiger partial charge in [0.25, 0.3) is 5.56 Å². The van der Waals surface area contributed by atoms with Crippen molar-refractivity contribution in [3.8, 4) is 0 Å². The van der Waals surface area contributed by atoms with E-state index in [0.717, 1.165) is 16.5 Å². The quantitative estimate of drug-likeness (QED) is 0.580.